The standard InChI is InChI=1S/C22H42O2.C3H4O2/c1-3-4-5-6-7-8-9-10-11-12-13-14-15-16-17-18-19-20-21(2)22(23)24;1-2-3(4)5/h20H,3-19H2,1-2H3,(H,23,24);2H,1H2,(H,4,5)/b21-20+;. The molecule has 0 atom stereocenters. The average molecular weight is 411 g/mol. The second-order valence-electron chi connectivity index (χ2n) is 7.83. The molecular weight excluding hydrogens is 364 g/mol. The Morgan fingerprint density at radius 2 is 1.00 bits per heavy atom. The van der Waals surface area contributed by atoms with E-state index in [1.54, 1.807) is 6.92 Å². The summed E-state index contributed by atoms with van der Waals surface area (Å²) >= 11 is 0. The molecule has 0 fully saturated rings. The van der Waals surface area contributed by atoms with Gasteiger partial charge in [-0.3, -0.25) is 0 Å². The molecule has 29 heavy (non-hydrogen) atoms. The first kappa shape index (κ1) is 29.6. The first-order valence-electron chi connectivity index (χ1n) is 11.7. The molecule has 0 rings (SSSR count). The highest BCUT2D eigenvalue weighted by Crippen LogP contribution is 2.14. The molecule has 0 aromatic rings. The zero-order valence-electron chi connectivity index (χ0n) is 19.1. The van der Waals surface area contributed by atoms with Crippen LogP contribution in [0.5, 0.6) is 0 Å². The van der Waals surface area contributed by atoms with E-state index >= 15 is 0 Å². The summed E-state index contributed by atoms with van der Waals surface area (Å²) < 4.78 is 0. The fraction of sp³-hybridized carbons (Fsp3) is 0.760. The molecule has 0 aliphatic rings. The summed E-state index contributed by atoms with van der Waals surface area (Å²) in [6.07, 6.45) is 25.6. The van der Waals surface area contributed by atoms with E-state index in [-0.39, 0.29) is 0 Å². The van der Waals surface area contributed by atoms with Gasteiger partial charge in [0.15, 0.2) is 0 Å². The number of carboxylic acids is 2. The van der Waals surface area contributed by atoms with Crippen LogP contribution in [0.15, 0.2) is 24.3 Å². The van der Waals surface area contributed by atoms with E-state index < -0.39 is 11.9 Å². The van der Waals surface area contributed by atoms with E-state index in [4.69, 9.17) is 10.2 Å². The molecule has 0 saturated heterocycles. The first-order chi connectivity index (χ1) is 14.0. The van der Waals surface area contributed by atoms with Crippen molar-refractivity contribution in [3.8, 4) is 0 Å². The lowest BCUT2D eigenvalue weighted by Crippen LogP contribution is -1.95. The molecule has 0 aromatic carbocycles. The second-order valence-corrected chi connectivity index (χ2v) is 7.83. The molecular formula is C25H46O4. The minimum absolute atomic E-state index is 0.482. The number of hydrogen-bond donors (Lipinski definition) is 2. The molecule has 0 aliphatic carbocycles. The first-order valence-corrected chi connectivity index (χ1v) is 11.7. The maximum Gasteiger partial charge on any atom is 0.330 e. The minimum atomic E-state index is -0.981. The summed E-state index contributed by atoms with van der Waals surface area (Å²) in [6.45, 7) is 6.91. The Labute approximate surface area is 179 Å². The summed E-state index contributed by atoms with van der Waals surface area (Å²) in [5.41, 5.74) is 0.482. The third-order valence-electron chi connectivity index (χ3n) is 5.02. The van der Waals surface area contributed by atoms with Crippen LogP contribution in [0, 0.1) is 0 Å². The van der Waals surface area contributed by atoms with Crippen molar-refractivity contribution in [2.45, 2.75) is 123 Å². The van der Waals surface area contributed by atoms with Crippen LogP contribution >= 0.6 is 0 Å². The highest BCUT2D eigenvalue weighted by Gasteiger charge is 1.98. The predicted molar refractivity (Wildman–Crippen MR) is 123 cm³/mol. The van der Waals surface area contributed by atoms with Crippen molar-refractivity contribution >= 4 is 11.9 Å². The summed E-state index contributed by atoms with van der Waals surface area (Å²) in [5, 5.41) is 16.4. The quantitative estimate of drug-likeness (QED) is 0.167. The number of aliphatic carboxylic acids is 2. The monoisotopic (exact) mass is 410 g/mol. The van der Waals surface area contributed by atoms with Gasteiger partial charge in [0.05, 0.1) is 0 Å². The van der Waals surface area contributed by atoms with E-state index in [9.17, 15) is 9.59 Å². The smallest absolute Gasteiger partial charge is 0.330 e. The van der Waals surface area contributed by atoms with Gasteiger partial charge in [0.1, 0.15) is 0 Å². The van der Waals surface area contributed by atoms with Crippen molar-refractivity contribution in [1.29, 1.82) is 0 Å². The molecule has 2 N–H and O–H groups in total. The molecule has 0 saturated carbocycles. The van der Waals surface area contributed by atoms with Crippen molar-refractivity contribution in [3.63, 3.8) is 0 Å². The van der Waals surface area contributed by atoms with Crippen LogP contribution in [0.1, 0.15) is 123 Å². The highest BCUT2D eigenvalue weighted by atomic mass is 16.4. The third kappa shape index (κ3) is 28.7. The summed E-state index contributed by atoms with van der Waals surface area (Å²) in [4.78, 5) is 19.9. The number of carboxylic acid groups (broad SMARTS) is 2. The molecule has 0 radical (unpaired) electrons. The van der Waals surface area contributed by atoms with Gasteiger partial charge in [-0.05, 0) is 19.8 Å². The summed E-state index contributed by atoms with van der Waals surface area (Å²) in [7, 11) is 0. The minimum Gasteiger partial charge on any atom is -0.478 e. The Hall–Kier alpha value is -1.58. The predicted octanol–water partition coefficient (Wildman–Crippen LogP) is 7.93. The number of allylic oxidation sites excluding steroid dienone is 1. The Kier molecular flexibility index (Phi) is 25.0. The SMILES string of the molecule is C=CC(=O)O.CCCCCCCCCCCCCCCCCC/C=C(\C)C(=O)O. The van der Waals surface area contributed by atoms with Gasteiger partial charge in [0, 0.05) is 11.6 Å². The fourth-order valence-corrected chi connectivity index (χ4v) is 3.10. The van der Waals surface area contributed by atoms with Crippen LogP contribution in [-0.4, -0.2) is 22.2 Å². The third-order valence-corrected chi connectivity index (χ3v) is 5.02. The van der Waals surface area contributed by atoms with Crippen molar-refractivity contribution in [1.82, 2.24) is 0 Å². The van der Waals surface area contributed by atoms with E-state index in [1.165, 1.54) is 96.3 Å². The molecule has 170 valence electrons. The van der Waals surface area contributed by atoms with E-state index in [0.29, 0.717) is 5.57 Å². The Morgan fingerprint density at radius 3 is 1.28 bits per heavy atom. The molecule has 0 heterocycles. The van der Waals surface area contributed by atoms with Crippen molar-refractivity contribution < 1.29 is 19.8 Å². The van der Waals surface area contributed by atoms with Gasteiger partial charge in [-0.25, -0.2) is 9.59 Å². The lowest BCUT2D eigenvalue weighted by molar-refractivity contribution is -0.133. The molecule has 0 aromatic heterocycles. The van der Waals surface area contributed by atoms with E-state index in [2.05, 4.69) is 13.5 Å². The van der Waals surface area contributed by atoms with Crippen LogP contribution in [-0.2, 0) is 9.59 Å². The summed E-state index contributed by atoms with van der Waals surface area (Å²) in [5.74, 6) is -1.77. The molecule has 4 nitrogen and oxygen atoms in total. The van der Waals surface area contributed by atoms with Gasteiger partial charge in [0.2, 0.25) is 0 Å². The Balaban J connectivity index is 0. The van der Waals surface area contributed by atoms with E-state index in [0.717, 1.165) is 18.9 Å². The largest absolute Gasteiger partial charge is 0.478 e. The van der Waals surface area contributed by atoms with Gasteiger partial charge in [-0.15, -0.1) is 0 Å². The van der Waals surface area contributed by atoms with Crippen LogP contribution in [0.4, 0.5) is 0 Å². The lowest BCUT2D eigenvalue weighted by atomic mass is 10.0. The van der Waals surface area contributed by atoms with Gasteiger partial charge < -0.3 is 10.2 Å². The number of rotatable bonds is 19. The van der Waals surface area contributed by atoms with Gasteiger partial charge in [0.25, 0.3) is 0 Å². The van der Waals surface area contributed by atoms with Crippen LogP contribution in [0.2, 0.25) is 0 Å². The summed E-state index contributed by atoms with van der Waals surface area (Å²) in [6, 6.07) is 0. The fourth-order valence-electron chi connectivity index (χ4n) is 3.10. The molecule has 0 spiro atoms. The van der Waals surface area contributed by atoms with Crippen LogP contribution in [0.3, 0.4) is 0 Å². The van der Waals surface area contributed by atoms with Crippen molar-refractivity contribution in [2.24, 2.45) is 0 Å². The topological polar surface area (TPSA) is 74.6 Å². The zero-order valence-corrected chi connectivity index (χ0v) is 19.1. The molecule has 0 unspecified atom stereocenters. The lowest BCUT2D eigenvalue weighted by Gasteiger charge is -2.03. The zero-order chi connectivity index (χ0) is 22.2. The molecule has 0 aliphatic heterocycles. The van der Waals surface area contributed by atoms with E-state index in [1.807, 2.05) is 6.08 Å². The van der Waals surface area contributed by atoms with Gasteiger partial charge >= 0.3 is 11.9 Å². The van der Waals surface area contributed by atoms with Crippen LogP contribution < -0.4 is 0 Å². The number of carbonyl (C=O) groups is 2. The highest BCUT2D eigenvalue weighted by molar-refractivity contribution is 5.85. The number of hydrogen-bond acceptors (Lipinski definition) is 2. The maximum atomic E-state index is 10.6. The second kappa shape index (κ2) is 24.5. The molecule has 0 amide bonds. The van der Waals surface area contributed by atoms with Crippen molar-refractivity contribution in [2.75, 3.05) is 0 Å². The van der Waals surface area contributed by atoms with Crippen LogP contribution in [0.25, 0.3) is 0 Å². The number of unbranched alkanes of at least 4 members (excludes halogenated alkanes) is 16. The Morgan fingerprint density at radius 1 is 0.690 bits per heavy atom. The average Bonchev–Trinajstić information content (AvgIpc) is 2.70. The molecule has 0 bridgehead atoms. The maximum absolute atomic E-state index is 10.6. The van der Waals surface area contributed by atoms with Crippen molar-refractivity contribution in [3.05, 3.63) is 24.3 Å². The Bertz CT molecular complexity index is 427. The van der Waals surface area contributed by atoms with Gasteiger partial charge in [-0.1, -0.05) is 116 Å². The van der Waals surface area contributed by atoms with Gasteiger partial charge in [-0.2, -0.15) is 0 Å². The molecule has 4 heteroatoms. The normalized spacial score (nSPS) is 10.9.